The number of hydrogen-bond donors (Lipinski definition) is 1. The van der Waals surface area contributed by atoms with Crippen LogP contribution in [0.3, 0.4) is 0 Å². The van der Waals surface area contributed by atoms with E-state index in [4.69, 9.17) is 4.74 Å². The number of nitrogens with zero attached hydrogens (tertiary/aromatic N) is 2. The number of hydrogen-bond acceptors (Lipinski definition) is 6. The van der Waals surface area contributed by atoms with Crippen LogP contribution in [0.1, 0.15) is 47.1 Å². The van der Waals surface area contributed by atoms with Gasteiger partial charge in [0.05, 0.1) is 19.6 Å². The predicted molar refractivity (Wildman–Crippen MR) is 127 cm³/mol. The molecule has 0 bridgehead atoms. The highest BCUT2D eigenvalue weighted by Gasteiger charge is 2.39. The molecule has 1 aliphatic heterocycles. The normalized spacial score (nSPS) is 16.7. The van der Waals surface area contributed by atoms with Gasteiger partial charge in [-0.2, -0.15) is 4.31 Å². The first kappa shape index (κ1) is 26.6. The van der Waals surface area contributed by atoms with Gasteiger partial charge in [-0.1, -0.05) is 0 Å². The number of piperidine rings is 1. The van der Waals surface area contributed by atoms with Crippen LogP contribution in [0, 0.1) is 32.5 Å². The Balaban J connectivity index is 1.93. The number of benzene rings is 1. The summed E-state index contributed by atoms with van der Waals surface area (Å²) in [5.74, 6) is -2.40. The van der Waals surface area contributed by atoms with E-state index < -0.39 is 21.9 Å². The van der Waals surface area contributed by atoms with Gasteiger partial charge in [-0.05, 0) is 64.3 Å². The van der Waals surface area contributed by atoms with Crippen LogP contribution in [0.4, 0.5) is 10.1 Å². The molecule has 3 rings (SSSR count). The van der Waals surface area contributed by atoms with Crippen LogP contribution in [0.5, 0.6) is 0 Å². The van der Waals surface area contributed by atoms with E-state index in [-0.39, 0.29) is 53.3 Å². The number of aryl methyl sites for hydroxylation is 1. The Morgan fingerprint density at radius 1 is 1.17 bits per heavy atom. The molecule has 1 saturated heterocycles. The highest BCUT2D eigenvalue weighted by atomic mass is 32.2. The summed E-state index contributed by atoms with van der Waals surface area (Å²) >= 11 is 0. The molecule has 0 unspecified atom stereocenters. The second kappa shape index (κ2) is 10.3. The van der Waals surface area contributed by atoms with Crippen molar-refractivity contribution in [2.24, 2.45) is 5.92 Å². The van der Waals surface area contributed by atoms with Gasteiger partial charge in [-0.15, -0.1) is 0 Å². The van der Waals surface area contributed by atoms with Crippen LogP contribution in [0.15, 0.2) is 23.1 Å². The summed E-state index contributed by atoms with van der Waals surface area (Å²) < 4.78 is 48.6. The zero-order valence-corrected chi connectivity index (χ0v) is 21.3. The average Bonchev–Trinajstić information content (AvgIpc) is 3.06. The van der Waals surface area contributed by atoms with Crippen LogP contribution in [-0.4, -0.2) is 55.1 Å². The Kier molecular flexibility index (Phi) is 7.80. The summed E-state index contributed by atoms with van der Waals surface area (Å²) in [5.41, 5.74) is 1.27. The van der Waals surface area contributed by atoms with Gasteiger partial charge in [-0.25, -0.2) is 17.6 Å². The minimum atomic E-state index is -4.20. The summed E-state index contributed by atoms with van der Waals surface area (Å²) in [7, 11) is -3.04. The second-order valence-electron chi connectivity index (χ2n) is 8.81. The Hall–Kier alpha value is -3.05. The quantitative estimate of drug-likeness (QED) is 0.577. The number of ketones is 1. The zero-order valence-electron chi connectivity index (χ0n) is 20.5. The molecule has 0 spiro atoms. The molecule has 1 aromatic carbocycles. The molecule has 1 fully saturated rings. The summed E-state index contributed by atoms with van der Waals surface area (Å²) in [6, 6.07) is 4.22. The van der Waals surface area contributed by atoms with Crippen LogP contribution >= 0.6 is 0 Å². The molecule has 1 amide bonds. The van der Waals surface area contributed by atoms with E-state index in [1.165, 1.54) is 34.0 Å². The maximum absolute atomic E-state index is 13.8. The van der Waals surface area contributed by atoms with Crippen molar-refractivity contribution in [3.63, 3.8) is 0 Å². The average molecular weight is 508 g/mol. The highest BCUT2D eigenvalue weighted by molar-refractivity contribution is 7.89. The predicted octanol–water partition coefficient (Wildman–Crippen LogP) is 2.97. The SMILES string of the molecule is COC(=O)c1c(S(=O)(=O)N2CCC[C@H](C(=O)Nc3ccc(F)c(C)c3)C2)c(C)n(CC(C)=O)c1C. The highest BCUT2D eigenvalue weighted by Crippen LogP contribution is 2.33. The zero-order chi connectivity index (χ0) is 26.1. The first-order valence-electron chi connectivity index (χ1n) is 11.2. The van der Waals surface area contributed by atoms with Gasteiger partial charge < -0.3 is 14.6 Å². The minimum absolute atomic E-state index is 0.0780. The molecule has 0 saturated carbocycles. The van der Waals surface area contributed by atoms with Gasteiger partial charge in [0.1, 0.15) is 22.1 Å². The number of Topliss-reactive ketones (excluding diaryl/α,β-unsaturated/α-hetero) is 1. The molecule has 1 N–H and O–H groups in total. The molecule has 35 heavy (non-hydrogen) atoms. The summed E-state index contributed by atoms with van der Waals surface area (Å²) in [6.45, 7) is 6.09. The molecule has 1 aliphatic rings. The lowest BCUT2D eigenvalue weighted by Gasteiger charge is -2.31. The number of anilines is 1. The number of halogens is 1. The molecule has 9 nitrogen and oxygen atoms in total. The molecule has 190 valence electrons. The third-order valence-electron chi connectivity index (χ3n) is 6.28. The van der Waals surface area contributed by atoms with Crippen LogP contribution < -0.4 is 5.32 Å². The van der Waals surface area contributed by atoms with E-state index in [2.05, 4.69) is 5.32 Å². The van der Waals surface area contributed by atoms with Crippen LogP contribution in [0.25, 0.3) is 0 Å². The number of nitrogens with one attached hydrogen (secondary N) is 1. The topological polar surface area (TPSA) is 115 Å². The lowest BCUT2D eigenvalue weighted by Crippen LogP contribution is -2.44. The van der Waals surface area contributed by atoms with Crippen molar-refractivity contribution in [1.29, 1.82) is 0 Å². The van der Waals surface area contributed by atoms with Gasteiger partial charge in [0, 0.05) is 30.2 Å². The Morgan fingerprint density at radius 3 is 2.46 bits per heavy atom. The summed E-state index contributed by atoms with van der Waals surface area (Å²) in [4.78, 5) is 37.0. The minimum Gasteiger partial charge on any atom is -0.465 e. The largest absolute Gasteiger partial charge is 0.465 e. The van der Waals surface area contributed by atoms with Gasteiger partial charge in [0.15, 0.2) is 0 Å². The fourth-order valence-electron chi connectivity index (χ4n) is 4.44. The van der Waals surface area contributed by atoms with Crippen molar-refractivity contribution >= 4 is 33.4 Å². The Morgan fingerprint density at radius 2 is 1.86 bits per heavy atom. The third-order valence-corrected chi connectivity index (χ3v) is 8.30. The van der Waals surface area contributed by atoms with Gasteiger partial charge >= 0.3 is 5.97 Å². The van der Waals surface area contributed by atoms with E-state index in [0.717, 1.165) is 7.11 Å². The molecule has 2 heterocycles. The Labute approximate surface area is 204 Å². The van der Waals surface area contributed by atoms with Crippen molar-refractivity contribution in [1.82, 2.24) is 8.87 Å². The molecule has 0 aliphatic carbocycles. The molecule has 1 atom stereocenters. The standard InChI is InChI=1S/C24H30FN3O6S/c1-14-11-19(8-9-20(14)25)26-23(30)18-7-6-10-27(13-18)35(32,33)22-17(4)28(12-15(2)29)16(3)21(22)24(31)34-5/h8-9,11,18H,6-7,10,12-13H2,1-5H3,(H,26,30)/t18-/m0/s1. The van der Waals surface area contributed by atoms with Crippen LogP contribution in [0.2, 0.25) is 0 Å². The van der Waals surface area contributed by atoms with Gasteiger partial charge in [0.25, 0.3) is 0 Å². The molecule has 0 radical (unpaired) electrons. The molecule has 11 heteroatoms. The van der Waals surface area contributed by atoms with Gasteiger partial charge in [-0.3, -0.25) is 9.59 Å². The lowest BCUT2D eigenvalue weighted by atomic mass is 9.98. The number of ether oxygens (including phenoxy) is 1. The fourth-order valence-corrected chi connectivity index (χ4v) is 6.42. The van der Waals surface area contributed by atoms with Crippen molar-refractivity contribution in [3.8, 4) is 0 Å². The van der Waals surface area contributed by atoms with Crippen molar-refractivity contribution in [2.75, 3.05) is 25.5 Å². The summed E-state index contributed by atoms with van der Waals surface area (Å²) in [6.07, 6.45) is 0.921. The van der Waals surface area contributed by atoms with Crippen molar-refractivity contribution < 1.29 is 31.9 Å². The summed E-state index contributed by atoms with van der Waals surface area (Å²) in [5, 5.41) is 2.73. The Bertz CT molecular complexity index is 1280. The van der Waals surface area contributed by atoms with Crippen LogP contribution in [-0.2, 0) is 30.9 Å². The van der Waals surface area contributed by atoms with Crippen molar-refractivity contribution in [2.45, 2.75) is 52.0 Å². The van der Waals surface area contributed by atoms with E-state index in [9.17, 15) is 27.2 Å². The van der Waals surface area contributed by atoms with E-state index in [1.54, 1.807) is 20.8 Å². The smallest absolute Gasteiger partial charge is 0.341 e. The van der Waals surface area contributed by atoms with E-state index >= 15 is 0 Å². The molecular weight excluding hydrogens is 477 g/mol. The third kappa shape index (κ3) is 5.30. The lowest BCUT2D eigenvalue weighted by molar-refractivity contribution is -0.121. The number of rotatable bonds is 7. The molecule has 1 aromatic heterocycles. The number of esters is 1. The first-order chi connectivity index (χ1) is 16.4. The number of sulfonamides is 1. The maximum Gasteiger partial charge on any atom is 0.341 e. The number of methoxy groups -OCH3 is 1. The maximum atomic E-state index is 13.8. The van der Waals surface area contributed by atoms with E-state index in [0.29, 0.717) is 29.8 Å². The second-order valence-corrected chi connectivity index (χ2v) is 10.7. The molecular formula is C24H30FN3O6S. The number of amides is 1. The molecule has 2 aromatic rings. The monoisotopic (exact) mass is 507 g/mol. The number of carbonyl (C=O) groups is 3. The van der Waals surface area contributed by atoms with E-state index in [1.807, 2.05) is 0 Å². The van der Waals surface area contributed by atoms with Crippen molar-refractivity contribution in [3.05, 3.63) is 46.5 Å². The first-order valence-corrected chi connectivity index (χ1v) is 12.7. The number of carbonyl (C=O) groups excluding carboxylic acids is 3. The fraction of sp³-hybridized carbons (Fsp3) is 0.458. The van der Waals surface area contributed by atoms with Gasteiger partial charge in [0.2, 0.25) is 15.9 Å². The number of aromatic nitrogens is 1.